The average molecular weight is 298 g/mol. The number of hydrogen-bond acceptors (Lipinski definition) is 4. The number of nitrogens with one attached hydrogen (secondary N) is 1. The van der Waals surface area contributed by atoms with Crippen LogP contribution in [0.3, 0.4) is 0 Å². The van der Waals surface area contributed by atoms with Crippen LogP contribution in [0.5, 0.6) is 0 Å². The van der Waals surface area contributed by atoms with Crippen LogP contribution < -0.4 is 4.72 Å². The van der Waals surface area contributed by atoms with Gasteiger partial charge in [-0.25, -0.2) is 13.2 Å². The molecule has 0 spiro atoms. The van der Waals surface area contributed by atoms with E-state index >= 15 is 0 Å². The molecule has 108 valence electrons. The number of aromatic carboxylic acids is 1. The molecule has 0 bridgehead atoms. The summed E-state index contributed by atoms with van der Waals surface area (Å²) in [5.74, 6) is -1.19. The number of carboxylic acid groups (broad SMARTS) is 1. The fourth-order valence-corrected chi connectivity index (χ4v) is 2.79. The summed E-state index contributed by atoms with van der Waals surface area (Å²) in [6.07, 6.45) is 4.19. The first-order valence-electron chi connectivity index (χ1n) is 5.78. The highest BCUT2D eigenvalue weighted by Crippen LogP contribution is 2.17. The largest absolute Gasteiger partial charge is 0.477 e. The van der Waals surface area contributed by atoms with Crippen LogP contribution in [0, 0.1) is 0 Å². The van der Waals surface area contributed by atoms with E-state index in [4.69, 9.17) is 5.11 Å². The molecule has 0 amide bonds. The second kappa shape index (κ2) is 5.00. The first-order chi connectivity index (χ1) is 9.33. The molecular weight excluding hydrogens is 284 g/mol. The SMILES string of the molecule is CCn1cc(NS(=O)(=O)c2cc(C(=O)O)n(C)c2)cn1. The third-order valence-electron chi connectivity index (χ3n) is 2.72. The van der Waals surface area contributed by atoms with Crippen LogP contribution in [0.25, 0.3) is 0 Å². The standard InChI is InChI=1S/C11H14N4O4S/c1-3-15-6-8(5-12-15)13-20(18,19)9-4-10(11(16)17)14(2)7-9/h4-7,13H,3H2,1-2H3,(H,16,17). The van der Waals surface area contributed by atoms with Gasteiger partial charge in [-0.15, -0.1) is 0 Å². The molecule has 0 fully saturated rings. The highest BCUT2D eigenvalue weighted by molar-refractivity contribution is 7.92. The summed E-state index contributed by atoms with van der Waals surface area (Å²) >= 11 is 0. The summed E-state index contributed by atoms with van der Waals surface area (Å²) in [4.78, 5) is 10.8. The van der Waals surface area contributed by atoms with Crippen LogP contribution in [-0.2, 0) is 23.6 Å². The Morgan fingerprint density at radius 1 is 1.45 bits per heavy atom. The molecule has 20 heavy (non-hydrogen) atoms. The second-order valence-electron chi connectivity index (χ2n) is 4.17. The number of hydrogen-bond donors (Lipinski definition) is 2. The summed E-state index contributed by atoms with van der Waals surface area (Å²) < 4.78 is 29.4. The van der Waals surface area contributed by atoms with Crippen LogP contribution in [0.1, 0.15) is 17.4 Å². The van der Waals surface area contributed by atoms with Gasteiger partial charge in [0.2, 0.25) is 0 Å². The van der Waals surface area contributed by atoms with Crippen molar-refractivity contribution in [3.05, 3.63) is 30.4 Å². The van der Waals surface area contributed by atoms with E-state index in [1.165, 1.54) is 24.0 Å². The smallest absolute Gasteiger partial charge is 0.352 e. The van der Waals surface area contributed by atoms with E-state index in [0.29, 0.717) is 12.2 Å². The maximum Gasteiger partial charge on any atom is 0.352 e. The molecule has 0 aliphatic carbocycles. The predicted octanol–water partition coefficient (Wildman–Crippen LogP) is 0.740. The molecule has 9 heteroatoms. The number of sulfonamides is 1. The third-order valence-corrected chi connectivity index (χ3v) is 4.07. The van der Waals surface area contributed by atoms with Crippen molar-refractivity contribution in [1.82, 2.24) is 14.3 Å². The zero-order valence-electron chi connectivity index (χ0n) is 10.9. The summed E-state index contributed by atoms with van der Waals surface area (Å²) in [5.41, 5.74) is 0.224. The van der Waals surface area contributed by atoms with E-state index in [-0.39, 0.29) is 10.6 Å². The fraction of sp³-hybridized carbons (Fsp3) is 0.273. The number of nitrogens with zero attached hydrogens (tertiary/aromatic N) is 3. The van der Waals surface area contributed by atoms with Gasteiger partial charge in [0.05, 0.1) is 11.9 Å². The summed E-state index contributed by atoms with van der Waals surface area (Å²) in [7, 11) is -2.36. The summed E-state index contributed by atoms with van der Waals surface area (Å²) in [6.45, 7) is 2.50. The van der Waals surface area contributed by atoms with Crippen molar-refractivity contribution in [3.8, 4) is 0 Å². The lowest BCUT2D eigenvalue weighted by Crippen LogP contribution is -2.11. The van der Waals surface area contributed by atoms with Crippen molar-refractivity contribution in [2.24, 2.45) is 7.05 Å². The van der Waals surface area contributed by atoms with Crippen molar-refractivity contribution in [2.45, 2.75) is 18.4 Å². The Morgan fingerprint density at radius 2 is 2.15 bits per heavy atom. The van der Waals surface area contributed by atoms with Crippen molar-refractivity contribution in [1.29, 1.82) is 0 Å². The van der Waals surface area contributed by atoms with Gasteiger partial charge in [0.1, 0.15) is 10.6 Å². The summed E-state index contributed by atoms with van der Waals surface area (Å²) in [5, 5.41) is 12.9. The Bertz CT molecular complexity index is 744. The Labute approximate surface area is 115 Å². The van der Waals surface area contributed by atoms with Gasteiger partial charge in [0.15, 0.2) is 0 Å². The van der Waals surface area contributed by atoms with Gasteiger partial charge >= 0.3 is 5.97 Å². The Morgan fingerprint density at radius 3 is 2.65 bits per heavy atom. The number of aryl methyl sites for hydroxylation is 2. The maximum absolute atomic E-state index is 12.1. The molecule has 0 aromatic carbocycles. The molecule has 2 heterocycles. The molecule has 0 radical (unpaired) electrons. The van der Waals surface area contributed by atoms with Gasteiger partial charge in [-0.3, -0.25) is 9.40 Å². The monoisotopic (exact) mass is 298 g/mol. The van der Waals surface area contributed by atoms with Crippen LogP contribution in [-0.4, -0.2) is 33.8 Å². The molecule has 2 aromatic rings. The van der Waals surface area contributed by atoms with E-state index < -0.39 is 16.0 Å². The van der Waals surface area contributed by atoms with Gasteiger partial charge < -0.3 is 9.67 Å². The molecule has 2 N–H and O–H groups in total. The van der Waals surface area contributed by atoms with Gasteiger partial charge in [0.25, 0.3) is 10.0 Å². The van der Waals surface area contributed by atoms with Crippen LogP contribution >= 0.6 is 0 Å². The van der Waals surface area contributed by atoms with Crippen molar-refractivity contribution >= 4 is 21.7 Å². The number of aromatic nitrogens is 3. The fourth-order valence-electron chi connectivity index (χ4n) is 1.70. The number of rotatable bonds is 5. The number of carbonyl (C=O) groups is 1. The molecule has 0 aliphatic heterocycles. The first kappa shape index (κ1) is 14.1. The minimum atomic E-state index is -3.83. The van der Waals surface area contributed by atoms with Crippen molar-refractivity contribution in [3.63, 3.8) is 0 Å². The topological polar surface area (TPSA) is 106 Å². The highest BCUT2D eigenvalue weighted by atomic mass is 32.2. The summed E-state index contributed by atoms with van der Waals surface area (Å²) in [6, 6.07) is 1.11. The van der Waals surface area contributed by atoms with Gasteiger partial charge in [-0.2, -0.15) is 5.10 Å². The second-order valence-corrected chi connectivity index (χ2v) is 5.85. The minimum absolute atomic E-state index is 0.102. The van der Waals surface area contributed by atoms with Crippen LogP contribution in [0.15, 0.2) is 29.6 Å². The Kier molecular flexibility index (Phi) is 3.53. The molecule has 0 atom stereocenters. The van der Waals surface area contributed by atoms with Gasteiger partial charge in [0, 0.05) is 26.0 Å². The average Bonchev–Trinajstić information content (AvgIpc) is 2.95. The zero-order chi connectivity index (χ0) is 14.9. The molecule has 0 unspecified atom stereocenters. The van der Waals surface area contributed by atoms with E-state index in [0.717, 1.165) is 6.07 Å². The van der Waals surface area contributed by atoms with E-state index in [1.54, 1.807) is 10.9 Å². The number of carboxylic acids is 1. The number of anilines is 1. The lowest BCUT2D eigenvalue weighted by Gasteiger charge is -2.02. The Hall–Kier alpha value is -2.29. The quantitative estimate of drug-likeness (QED) is 0.846. The predicted molar refractivity (Wildman–Crippen MR) is 71.1 cm³/mol. The lowest BCUT2D eigenvalue weighted by molar-refractivity contribution is 0.0686. The molecule has 0 aliphatic rings. The maximum atomic E-state index is 12.1. The molecule has 8 nitrogen and oxygen atoms in total. The van der Waals surface area contributed by atoms with E-state index in [9.17, 15) is 13.2 Å². The van der Waals surface area contributed by atoms with Crippen molar-refractivity contribution in [2.75, 3.05) is 4.72 Å². The molecule has 2 rings (SSSR count). The molecule has 0 saturated carbocycles. The van der Waals surface area contributed by atoms with Gasteiger partial charge in [-0.1, -0.05) is 0 Å². The highest BCUT2D eigenvalue weighted by Gasteiger charge is 2.20. The molecule has 0 saturated heterocycles. The van der Waals surface area contributed by atoms with Gasteiger partial charge in [-0.05, 0) is 13.0 Å². The van der Waals surface area contributed by atoms with Crippen LogP contribution in [0.4, 0.5) is 5.69 Å². The minimum Gasteiger partial charge on any atom is -0.477 e. The first-order valence-corrected chi connectivity index (χ1v) is 7.26. The zero-order valence-corrected chi connectivity index (χ0v) is 11.8. The van der Waals surface area contributed by atoms with E-state index in [1.807, 2.05) is 6.92 Å². The Balaban J connectivity index is 2.30. The van der Waals surface area contributed by atoms with Crippen LogP contribution in [0.2, 0.25) is 0 Å². The van der Waals surface area contributed by atoms with E-state index in [2.05, 4.69) is 9.82 Å². The molecular formula is C11H14N4O4S. The third kappa shape index (κ3) is 2.67. The molecule has 2 aromatic heterocycles. The normalized spacial score (nSPS) is 11.5. The van der Waals surface area contributed by atoms with Crippen molar-refractivity contribution < 1.29 is 18.3 Å². The lowest BCUT2D eigenvalue weighted by atomic mass is 10.4.